The first-order chi connectivity index (χ1) is 4.47. The van der Waals surface area contributed by atoms with Gasteiger partial charge in [0.15, 0.2) is 0 Å². The third-order valence-electron chi connectivity index (χ3n) is 1.36. The Kier molecular flexibility index (Phi) is 1.12. The van der Waals surface area contributed by atoms with Crippen LogP contribution in [0.3, 0.4) is 0 Å². The summed E-state index contributed by atoms with van der Waals surface area (Å²) in [7, 11) is 0. The van der Waals surface area contributed by atoms with Crippen molar-refractivity contribution in [3.8, 4) is 0 Å². The lowest BCUT2D eigenvalue weighted by Gasteiger charge is -1.99. The van der Waals surface area contributed by atoms with Crippen LogP contribution >= 0.6 is 11.8 Å². The number of fused-ring (bicyclic) bond motifs is 1. The molecule has 1 aromatic rings. The molecular weight excluding hydrogens is 132 g/mol. The van der Waals surface area contributed by atoms with Crippen molar-refractivity contribution in [3.05, 3.63) is 29.1 Å². The molecule has 2 heterocycles. The maximum atomic E-state index is 5.00. The van der Waals surface area contributed by atoms with Crippen molar-refractivity contribution in [2.75, 3.05) is 0 Å². The molecule has 0 fully saturated rings. The van der Waals surface area contributed by atoms with Crippen molar-refractivity contribution in [2.45, 2.75) is 5.75 Å². The predicted molar refractivity (Wildman–Crippen MR) is 39.0 cm³/mol. The van der Waals surface area contributed by atoms with Crippen molar-refractivity contribution >= 4 is 17.8 Å². The number of thioether (sulfide) groups is 1. The molecule has 0 aliphatic carbocycles. The lowest BCUT2D eigenvalue weighted by molar-refractivity contribution is 0.565. The summed E-state index contributed by atoms with van der Waals surface area (Å²) in [5.41, 5.74) is 2.54. The van der Waals surface area contributed by atoms with Crippen molar-refractivity contribution in [1.82, 2.24) is 0 Å². The van der Waals surface area contributed by atoms with Crippen LogP contribution < -0.4 is 0 Å². The molecule has 0 bridgehead atoms. The Morgan fingerprint density at radius 2 is 2.44 bits per heavy atom. The van der Waals surface area contributed by atoms with Crippen LogP contribution in [0, 0.1) is 0 Å². The predicted octanol–water partition coefficient (Wildman–Crippen LogP) is 2.50. The molecule has 0 saturated heterocycles. The highest BCUT2D eigenvalue weighted by Gasteiger charge is 2.04. The van der Waals surface area contributed by atoms with Crippen LogP contribution in [0.2, 0.25) is 0 Å². The lowest BCUT2D eigenvalue weighted by Crippen LogP contribution is -1.81. The van der Waals surface area contributed by atoms with Crippen LogP contribution in [0.1, 0.15) is 11.1 Å². The lowest BCUT2D eigenvalue weighted by atomic mass is 10.2. The molecule has 0 spiro atoms. The van der Waals surface area contributed by atoms with Gasteiger partial charge in [-0.25, -0.2) is 0 Å². The Hall–Kier alpha value is -0.630. The van der Waals surface area contributed by atoms with E-state index < -0.39 is 0 Å². The van der Waals surface area contributed by atoms with E-state index >= 15 is 0 Å². The van der Waals surface area contributed by atoms with Crippen molar-refractivity contribution < 1.29 is 4.42 Å². The van der Waals surface area contributed by atoms with E-state index in [1.54, 1.807) is 18.0 Å². The van der Waals surface area contributed by atoms with Gasteiger partial charge in [0.1, 0.15) is 0 Å². The van der Waals surface area contributed by atoms with Crippen molar-refractivity contribution in [2.24, 2.45) is 0 Å². The number of furan rings is 1. The largest absolute Gasteiger partial charge is 0.472 e. The van der Waals surface area contributed by atoms with E-state index in [4.69, 9.17) is 4.42 Å². The maximum Gasteiger partial charge on any atom is 0.0978 e. The molecular formula is C7H6OS. The van der Waals surface area contributed by atoms with Crippen LogP contribution in [0.4, 0.5) is 0 Å². The molecule has 1 nitrogen and oxygen atoms in total. The Labute approximate surface area is 57.7 Å². The van der Waals surface area contributed by atoms with Gasteiger partial charge in [0, 0.05) is 16.9 Å². The minimum atomic E-state index is 1.06. The third-order valence-corrected chi connectivity index (χ3v) is 2.16. The summed E-state index contributed by atoms with van der Waals surface area (Å²) in [6.07, 6.45) is 5.67. The molecule has 46 valence electrons. The van der Waals surface area contributed by atoms with Gasteiger partial charge >= 0.3 is 0 Å². The summed E-state index contributed by atoms with van der Waals surface area (Å²) in [5, 5.41) is 2.10. The quantitative estimate of drug-likeness (QED) is 0.546. The summed E-state index contributed by atoms with van der Waals surface area (Å²) in [4.78, 5) is 0. The highest BCUT2D eigenvalue weighted by molar-refractivity contribution is 8.01. The molecule has 1 aliphatic heterocycles. The molecule has 0 N–H and O–H groups in total. The van der Waals surface area contributed by atoms with Gasteiger partial charge in [0.25, 0.3) is 0 Å². The molecule has 0 saturated carbocycles. The molecule has 2 rings (SSSR count). The molecule has 0 atom stereocenters. The average molecular weight is 138 g/mol. The van der Waals surface area contributed by atoms with Crippen molar-refractivity contribution in [1.29, 1.82) is 0 Å². The van der Waals surface area contributed by atoms with E-state index in [0.717, 1.165) is 5.75 Å². The second-order valence-corrected chi connectivity index (χ2v) is 2.86. The summed E-state index contributed by atoms with van der Waals surface area (Å²) >= 11 is 1.80. The van der Waals surface area contributed by atoms with Crippen LogP contribution in [-0.4, -0.2) is 0 Å². The zero-order chi connectivity index (χ0) is 6.10. The normalized spacial score (nSPS) is 15.6. The van der Waals surface area contributed by atoms with E-state index in [1.807, 2.05) is 6.26 Å². The highest BCUT2D eigenvalue weighted by atomic mass is 32.2. The van der Waals surface area contributed by atoms with E-state index in [1.165, 1.54) is 11.1 Å². The molecule has 0 aromatic carbocycles. The van der Waals surface area contributed by atoms with E-state index in [0.29, 0.717) is 0 Å². The van der Waals surface area contributed by atoms with Crippen molar-refractivity contribution in [3.63, 3.8) is 0 Å². The second-order valence-electron chi connectivity index (χ2n) is 1.97. The number of hydrogen-bond acceptors (Lipinski definition) is 2. The smallest absolute Gasteiger partial charge is 0.0978 e. The minimum absolute atomic E-state index is 1.06. The van der Waals surface area contributed by atoms with Crippen LogP contribution in [-0.2, 0) is 5.75 Å². The summed E-state index contributed by atoms with van der Waals surface area (Å²) in [5.74, 6) is 1.06. The molecule has 0 amide bonds. The number of hydrogen-bond donors (Lipinski definition) is 0. The first-order valence-corrected chi connectivity index (χ1v) is 3.85. The molecule has 1 aliphatic rings. The maximum absolute atomic E-state index is 5.00. The first-order valence-electron chi connectivity index (χ1n) is 2.80. The molecule has 9 heavy (non-hydrogen) atoms. The van der Waals surface area contributed by atoms with Gasteiger partial charge in [-0.1, -0.05) is 0 Å². The summed E-state index contributed by atoms with van der Waals surface area (Å²) in [6, 6.07) is 0. The fourth-order valence-corrected chi connectivity index (χ4v) is 1.61. The van der Waals surface area contributed by atoms with Gasteiger partial charge in [-0.15, -0.1) is 11.8 Å². The van der Waals surface area contributed by atoms with Gasteiger partial charge in [-0.05, 0) is 11.5 Å². The van der Waals surface area contributed by atoms with Crippen LogP contribution in [0.15, 0.2) is 22.4 Å². The van der Waals surface area contributed by atoms with Crippen LogP contribution in [0.25, 0.3) is 6.08 Å². The monoisotopic (exact) mass is 138 g/mol. The third kappa shape index (κ3) is 0.793. The number of rotatable bonds is 0. The Morgan fingerprint density at radius 1 is 1.44 bits per heavy atom. The summed E-state index contributed by atoms with van der Waals surface area (Å²) in [6.45, 7) is 0. The Bertz CT molecular complexity index is 237. The van der Waals surface area contributed by atoms with Gasteiger partial charge in [-0.3, -0.25) is 0 Å². The standard InChI is InChI=1S/C7H6OS/c1-2-9-5-7-4-8-3-6(1)7/h1-4H,5H2. The fourth-order valence-electron chi connectivity index (χ4n) is 0.856. The first kappa shape index (κ1) is 5.18. The Balaban J connectivity index is 2.53. The van der Waals surface area contributed by atoms with Gasteiger partial charge < -0.3 is 4.42 Å². The zero-order valence-electron chi connectivity index (χ0n) is 4.83. The molecule has 0 unspecified atom stereocenters. The van der Waals surface area contributed by atoms with Gasteiger partial charge in [0.05, 0.1) is 12.5 Å². The SMILES string of the molecule is C1=Cc2cocc2CS1. The molecule has 1 aromatic heterocycles. The summed E-state index contributed by atoms with van der Waals surface area (Å²) < 4.78 is 5.00. The molecule has 2 heteroatoms. The zero-order valence-corrected chi connectivity index (χ0v) is 5.65. The average Bonchev–Trinajstić information content (AvgIpc) is 2.33. The minimum Gasteiger partial charge on any atom is -0.472 e. The Morgan fingerprint density at radius 3 is 3.33 bits per heavy atom. The van der Waals surface area contributed by atoms with E-state index in [9.17, 15) is 0 Å². The van der Waals surface area contributed by atoms with Crippen LogP contribution in [0.5, 0.6) is 0 Å². The topological polar surface area (TPSA) is 13.1 Å². The second kappa shape index (κ2) is 1.95. The molecule has 0 radical (unpaired) electrons. The fraction of sp³-hybridized carbons (Fsp3) is 0.143. The van der Waals surface area contributed by atoms with E-state index in [-0.39, 0.29) is 0 Å². The van der Waals surface area contributed by atoms with E-state index in [2.05, 4.69) is 11.5 Å². The highest BCUT2D eigenvalue weighted by Crippen LogP contribution is 2.25. The van der Waals surface area contributed by atoms with Gasteiger partial charge in [0.2, 0.25) is 0 Å². The van der Waals surface area contributed by atoms with Gasteiger partial charge in [-0.2, -0.15) is 0 Å².